The average Bonchev–Trinajstić information content (AvgIpc) is 1.35. The predicted molar refractivity (Wildman–Crippen MR) is 524 cm³/mol. The van der Waals surface area contributed by atoms with Gasteiger partial charge in [0.2, 0.25) is 23.6 Å². The van der Waals surface area contributed by atoms with E-state index in [0.717, 1.165) is 22.3 Å². The largest absolute Gasteiger partial charge is 0.508 e. The molecule has 0 bridgehead atoms. The van der Waals surface area contributed by atoms with Crippen molar-refractivity contribution in [3.8, 4) is 22.5 Å². The first kappa shape index (κ1) is 106. The van der Waals surface area contributed by atoms with E-state index in [1.807, 2.05) is 229 Å². The van der Waals surface area contributed by atoms with Gasteiger partial charge in [-0.25, -0.2) is 24.0 Å². The second-order valence-electron chi connectivity index (χ2n) is 43.6. The van der Waals surface area contributed by atoms with Crippen LogP contribution < -0.4 is 31.9 Å². The van der Waals surface area contributed by atoms with Crippen molar-refractivity contribution >= 4 is 54.0 Å². The molecule has 6 heterocycles. The molecule has 10 amide bonds. The van der Waals surface area contributed by atoms with Gasteiger partial charge in [0.25, 0.3) is 0 Å². The zero-order valence-corrected chi connectivity index (χ0v) is 83.8. The van der Waals surface area contributed by atoms with Crippen LogP contribution in [0.15, 0.2) is 194 Å². The fourth-order valence-electron chi connectivity index (χ4n) is 18.6. The number of hydrogen-bond acceptors (Lipinski definition) is 19. The number of nitrogens with zero attached hydrogens (tertiary/aromatic N) is 8. The van der Waals surface area contributed by atoms with Gasteiger partial charge >= 0.3 is 30.4 Å². The Labute approximate surface area is 803 Å². The zero-order valence-electron chi connectivity index (χ0n) is 83.8. The van der Waals surface area contributed by atoms with Crippen molar-refractivity contribution in [1.29, 1.82) is 0 Å². The van der Waals surface area contributed by atoms with Crippen LogP contribution in [0.5, 0.6) is 0 Å². The molecule has 2 saturated heterocycles. The molecule has 2 fully saturated rings. The van der Waals surface area contributed by atoms with E-state index in [-0.39, 0.29) is 65.0 Å². The first-order chi connectivity index (χ1) is 63.6. The van der Waals surface area contributed by atoms with Gasteiger partial charge in [-0.2, -0.15) is 0 Å². The lowest BCUT2D eigenvalue weighted by Gasteiger charge is -2.43. The lowest BCUT2D eigenvalue weighted by Crippen LogP contribution is -2.61. The Bertz CT molecular complexity index is 5040. The highest BCUT2D eigenvalue weighted by Crippen LogP contribution is 2.45. The number of rotatable bonds is 36. The molecular weight excluding hydrogens is 1720 g/mol. The van der Waals surface area contributed by atoms with Gasteiger partial charge in [-0.05, 0) is 144 Å². The SMILES string of the molecule is COC(=O)N[C@H](C(=O)N[C@H](C[C@H](OC(=O)O[C@@H](C[C@@H](NC(=O)[C@@H](NC(=O)OC)C(C)(C)C)C(c1ccc(-c2ccccn2)cc1)C(C)(C)C)[C@H](Cc1ccccc1)NC(=O)[C@@H](N1CCN(Cc2cccc(C(C)(C)O)n2)C1=O)C(C)(C)C)[C@H](Cc1ccccc1)NC(=O)[C@@H](N1CCN(Cc2cccc(C(C)(C)O)n2)C1=O)C(C)(C)C)C(c1ccc(-c2ccccn2)cc1)C(C)(C)C)C(C)(C)C. The number of urea groups is 2. The van der Waals surface area contributed by atoms with Gasteiger partial charge in [0.1, 0.15) is 47.6 Å². The summed E-state index contributed by atoms with van der Waals surface area (Å²) in [5.74, 6) is -4.05. The Morgan fingerprint density at radius 3 is 0.993 bits per heavy atom. The summed E-state index contributed by atoms with van der Waals surface area (Å²) in [4.78, 5) is 166. The summed E-state index contributed by atoms with van der Waals surface area (Å²) >= 11 is 0. The van der Waals surface area contributed by atoms with Crippen molar-refractivity contribution in [3.05, 3.63) is 239 Å². The second-order valence-corrected chi connectivity index (χ2v) is 43.6. The summed E-state index contributed by atoms with van der Waals surface area (Å²) in [7, 11) is 2.40. The smallest absolute Gasteiger partial charge is 0.453 e. The molecule has 0 saturated carbocycles. The number of hydrogen-bond donors (Lipinski definition) is 8. The molecule has 0 spiro atoms. The minimum absolute atomic E-state index is 0.0459. The molecule has 4 aromatic heterocycles. The minimum atomic E-state index is -1.60. The van der Waals surface area contributed by atoms with Gasteiger partial charge in [0, 0.05) is 86.5 Å². The number of carbonyl (C=O) groups is 9. The highest BCUT2D eigenvalue weighted by atomic mass is 16.7. The van der Waals surface area contributed by atoms with Crippen molar-refractivity contribution in [3.63, 3.8) is 0 Å². The predicted octanol–water partition coefficient (Wildman–Crippen LogP) is 16.4. The van der Waals surface area contributed by atoms with Gasteiger partial charge < -0.3 is 80.7 Å². The molecule has 136 heavy (non-hydrogen) atoms. The Hall–Kier alpha value is -12.4. The lowest BCUT2D eigenvalue weighted by molar-refractivity contribution is -0.132. The molecule has 0 aliphatic carbocycles. The third-order valence-corrected chi connectivity index (χ3v) is 25.1. The van der Waals surface area contributed by atoms with Gasteiger partial charge in [-0.1, -0.05) is 258 Å². The van der Waals surface area contributed by atoms with Crippen LogP contribution in [0, 0.1) is 32.5 Å². The molecule has 4 aromatic carbocycles. The maximum atomic E-state index is 17.2. The number of benzene rings is 4. The number of methoxy groups -OCH3 is 2. The highest BCUT2D eigenvalue weighted by Gasteiger charge is 2.51. The van der Waals surface area contributed by atoms with E-state index in [2.05, 4.69) is 41.9 Å². The number of ether oxygens (including phenoxy) is 4. The van der Waals surface area contributed by atoms with Crippen LogP contribution in [0.3, 0.4) is 0 Å². The van der Waals surface area contributed by atoms with E-state index < -0.39 is 170 Å². The van der Waals surface area contributed by atoms with Crippen LogP contribution in [-0.4, -0.2) is 205 Å². The zero-order chi connectivity index (χ0) is 100.0. The van der Waals surface area contributed by atoms with Crippen molar-refractivity contribution < 1.29 is 72.3 Å². The monoisotopic (exact) mass is 1870 g/mol. The maximum absolute atomic E-state index is 17.2. The molecule has 2 unspecified atom stereocenters. The van der Waals surface area contributed by atoms with E-state index in [1.54, 1.807) is 128 Å². The molecular formula is C107H144N14O15. The lowest BCUT2D eigenvalue weighted by atomic mass is 9.70. The number of alkyl carbamates (subject to hydrolysis) is 2. The maximum Gasteiger partial charge on any atom is 0.508 e. The Kier molecular flexibility index (Phi) is 34.3. The number of nitrogens with one attached hydrogen (secondary N) is 6. The number of aromatic nitrogens is 4. The summed E-state index contributed by atoms with van der Waals surface area (Å²) in [6.45, 7) is 41.2. The Morgan fingerprint density at radius 2 is 0.699 bits per heavy atom. The topological polar surface area (TPSA) is 368 Å². The van der Waals surface area contributed by atoms with Crippen LogP contribution in [0.4, 0.5) is 24.0 Å². The molecule has 8 aromatic rings. The number of aliphatic hydroxyl groups is 2. The average molecular weight is 1870 g/mol. The standard InChI is InChI=1S/C107H144N14O15/c1-100(2,3)85(71-51-47-69(48-52-71)75-43-31-33-55-108-75)79(114-91(122)87(102(7,8)9)116-95(126)133-23)63-81(77(61-67-37-27-25-28-38-67)112-93(124)89(104(13,14)15)120-59-57-118(97(120)128)65-73-41-35-45-83(110-73)106(19,20)131)135-99(130)136-82(64-80(115-92(123)88(103(10,11)12)117-96(127)134-24)86(101(4,5)6)72-53-49-70(50-54-72)76-44-32-34-56-109-76)78(62-68-39-29-26-30-40-68)113-94(125)90(105(16,17)18)121-60-58-119(98(121)129)66-74-42-36-46-84(111-74)107(21,22)132/h25-56,77-82,85-90,131-132H,57-66H2,1-24H3,(H,112,124)(H,113,125)(H,114,122)(H,115,123)(H,116,126)(H,117,127)/t77-,78-,79+,80+,81-,82-,85?,86?,87+,88+,89+,90+/m0/s1. The highest BCUT2D eigenvalue weighted by molar-refractivity contribution is 5.91. The molecule has 8 N–H and O–H groups in total. The van der Waals surface area contributed by atoms with Crippen LogP contribution in [-0.2, 0) is 75.3 Å². The van der Waals surface area contributed by atoms with Crippen molar-refractivity contribution in [2.45, 2.75) is 275 Å². The summed E-state index contributed by atoms with van der Waals surface area (Å²) in [5.41, 5.74) is -0.745. The van der Waals surface area contributed by atoms with E-state index in [4.69, 9.17) is 28.9 Å². The normalized spacial score (nSPS) is 16.3. The van der Waals surface area contributed by atoms with Crippen molar-refractivity contribution in [2.75, 3.05) is 40.4 Å². The molecule has 29 nitrogen and oxygen atoms in total. The third kappa shape index (κ3) is 28.4. The van der Waals surface area contributed by atoms with Crippen LogP contribution in [0.2, 0.25) is 0 Å². The molecule has 0 radical (unpaired) electrons. The van der Waals surface area contributed by atoms with E-state index >= 15 is 33.6 Å². The molecule has 12 atom stereocenters. The summed E-state index contributed by atoms with van der Waals surface area (Å²) in [5, 5.41) is 41.3. The Balaban J connectivity index is 1.21. The first-order valence-corrected chi connectivity index (χ1v) is 47.0. The quantitative estimate of drug-likeness (QED) is 0.0134. The third-order valence-electron chi connectivity index (χ3n) is 25.1. The van der Waals surface area contributed by atoms with Crippen LogP contribution >= 0.6 is 0 Å². The minimum Gasteiger partial charge on any atom is -0.453 e. The van der Waals surface area contributed by atoms with Gasteiger partial charge in [-0.3, -0.25) is 39.1 Å². The van der Waals surface area contributed by atoms with Gasteiger partial charge in [-0.15, -0.1) is 0 Å². The molecule has 10 rings (SSSR count). The summed E-state index contributed by atoms with van der Waals surface area (Å²) in [6.07, 6.45) is -3.73. The van der Waals surface area contributed by atoms with Gasteiger partial charge in [0.15, 0.2) is 0 Å². The molecule has 732 valence electrons. The first-order valence-electron chi connectivity index (χ1n) is 47.0. The van der Waals surface area contributed by atoms with Crippen molar-refractivity contribution in [2.24, 2.45) is 32.5 Å². The van der Waals surface area contributed by atoms with E-state index in [1.165, 1.54) is 24.0 Å². The number of pyridine rings is 4. The fraction of sp³-hybridized carbons (Fsp3) is 0.505. The van der Waals surface area contributed by atoms with E-state index in [0.29, 0.717) is 45.3 Å². The van der Waals surface area contributed by atoms with E-state index in [9.17, 15) is 19.8 Å². The molecule has 29 heteroatoms. The summed E-state index contributed by atoms with van der Waals surface area (Å²) < 4.78 is 25.0. The summed E-state index contributed by atoms with van der Waals surface area (Å²) in [6, 6.07) is 44.9. The van der Waals surface area contributed by atoms with Crippen LogP contribution in [0.25, 0.3) is 22.5 Å². The Morgan fingerprint density at radius 1 is 0.368 bits per heavy atom. The van der Waals surface area contributed by atoms with Gasteiger partial charge in [0.05, 0.1) is 73.6 Å². The van der Waals surface area contributed by atoms with Crippen LogP contribution in [0.1, 0.15) is 222 Å². The second kappa shape index (κ2) is 44.2. The molecule has 2 aliphatic heterocycles. The number of carbonyl (C=O) groups excluding carboxylic acids is 9. The fourth-order valence-corrected chi connectivity index (χ4v) is 18.6. The van der Waals surface area contributed by atoms with Crippen molar-refractivity contribution in [1.82, 2.24) is 71.4 Å². The number of amides is 10. The molecule has 2 aliphatic rings.